The van der Waals surface area contributed by atoms with Crippen molar-refractivity contribution < 1.29 is 4.74 Å². The van der Waals surface area contributed by atoms with Gasteiger partial charge in [-0.3, -0.25) is 0 Å². The van der Waals surface area contributed by atoms with Gasteiger partial charge >= 0.3 is 0 Å². The fourth-order valence-corrected chi connectivity index (χ4v) is 1.37. The molecular weight excluding hydrogens is 148 g/mol. The summed E-state index contributed by atoms with van der Waals surface area (Å²) in [5.41, 5.74) is 1.34. The zero-order valence-electron chi connectivity index (χ0n) is 7.68. The molecule has 1 heteroatoms. The third-order valence-corrected chi connectivity index (χ3v) is 1.88. The van der Waals surface area contributed by atoms with Crippen molar-refractivity contribution in [3.63, 3.8) is 0 Å². The van der Waals surface area contributed by atoms with E-state index < -0.39 is 0 Å². The summed E-state index contributed by atoms with van der Waals surface area (Å²) < 4.78 is 5.51. The molecule has 0 aromatic heterocycles. The summed E-state index contributed by atoms with van der Waals surface area (Å²) in [4.78, 5) is 0. The fourth-order valence-electron chi connectivity index (χ4n) is 1.37. The zero-order valence-corrected chi connectivity index (χ0v) is 7.68. The van der Waals surface area contributed by atoms with Crippen LogP contribution in [0.2, 0.25) is 0 Å². The zero-order chi connectivity index (χ0) is 8.81. The lowest BCUT2D eigenvalue weighted by Gasteiger charge is -2.19. The average molecular weight is 164 g/mol. The van der Waals surface area contributed by atoms with Crippen LogP contribution in [0.25, 0.3) is 0 Å². The predicted octanol–water partition coefficient (Wildman–Crippen LogP) is 3.20. The Morgan fingerprint density at radius 1 is 1.58 bits per heavy atom. The van der Waals surface area contributed by atoms with E-state index in [1.807, 2.05) is 6.08 Å². The van der Waals surface area contributed by atoms with E-state index in [1.54, 1.807) is 6.08 Å². The summed E-state index contributed by atoms with van der Waals surface area (Å²) >= 11 is 0. The van der Waals surface area contributed by atoms with Crippen molar-refractivity contribution in [2.75, 3.05) is 6.61 Å². The van der Waals surface area contributed by atoms with Crippen molar-refractivity contribution in [1.82, 2.24) is 0 Å². The van der Waals surface area contributed by atoms with Crippen molar-refractivity contribution in [3.8, 4) is 0 Å². The van der Waals surface area contributed by atoms with E-state index in [9.17, 15) is 0 Å². The van der Waals surface area contributed by atoms with Gasteiger partial charge in [0, 0.05) is 0 Å². The van der Waals surface area contributed by atoms with E-state index in [4.69, 9.17) is 4.74 Å². The molecule has 1 aliphatic heterocycles. The second-order valence-corrected chi connectivity index (χ2v) is 2.86. The van der Waals surface area contributed by atoms with Crippen LogP contribution in [0.4, 0.5) is 0 Å². The van der Waals surface area contributed by atoms with Crippen LogP contribution in [0.1, 0.15) is 26.2 Å². The van der Waals surface area contributed by atoms with Crippen LogP contribution in [-0.2, 0) is 4.74 Å². The molecule has 0 spiro atoms. The minimum absolute atomic E-state index is 0.848. The number of ether oxygens (including phenoxy) is 1. The molecule has 1 rings (SSSR count). The highest BCUT2D eigenvalue weighted by Crippen LogP contribution is 2.23. The maximum Gasteiger partial charge on any atom is 0.122 e. The molecule has 12 heavy (non-hydrogen) atoms. The Balaban J connectivity index is 2.73. The summed E-state index contributed by atoms with van der Waals surface area (Å²) in [6, 6.07) is 0. The highest BCUT2D eigenvalue weighted by molar-refractivity contribution is 5.29. The lowest BCUT2D eigenvalue weighted by Crippen LogP contribution is -2.06. The van der Waals surface area contributed by atoms with Gasteiger partial charge in [-0.2, -0.15) is 0 Å². The number of hydrogen-bond acceptors (Lipinski definition) is 1. The molecule has 0 aromatic carbocycles. The largest absolute Gasteiger partial charge is 0.493 e. The Bertz CT molecular complexity index is 211. The van der Waals surface area contributed by atoms with Crippen LogP contribution in [0.3, 0.4) is 0 Å². The van der Waals surface area contributed by atoms with Crippen molar-refractivity contribution in [2.24, 2.45) is 0 Å². The molecular formula is C11H16O. The summed E-state index contributed by atoms with van der Waals surface area (Å²) in [6.45, 7) is 6.66. The molecule has 0 aliphatic carbocycles. The van der Waals surface area contributed by atoms with E-state index in [1.165, 1.54) is 5.57 Å². The summed E-state index contributed by atoms with van der Waals surface area (Å²) in [6.07, 6.45) is 9.32. The molecule has 0 atom stereocenters. The number of hydrogen-bond donors (Lipinski definition) is 0. The Hall–Kier alpha value is -0.980. The molecule has 0 saturated carbocycles. The average Bonchev–Trinajstić information content (AvgIpc) is 2.09. The quantitative estimate of drug-likeness (QED) is 0.609. The minimum Gasteiger partial charge on any atom is -0.493 e. The SMILES string of the molecule is C=CC=C1OCCCC1=CCC. The standard InChI is InChI=1S/C11H16O/c1-3-6-10-8-5-9-12-11(10)7-4-2/h4,6-7H,2-3,5,8-9H2,1H3. The second-order valence-electron chi connectivity index (χ2n) is 2.86. The van der Waals surface area contributed by atoms with Gasteiger partial charge in [-0.15, -0.1) is 0 Å². The predicted molar refractivity (Wildman–Crippen MR) is 51.8 cm³/mol. The van der Waals surface area contributed by atoms with Gasteiger partial charge in [-0.25, -0.2) is 0 Å². The van der Waals surface area contributed by atoms with Gasteiger partial charge in [0.15, 0.2) is 0 Å². The van der Waals surface area contributed by atoms with Crippen LogP contribution < -0.4 is 0 Å². The Kier molecular flexibility index (Phi) is 3.65. The molecule has 1 nitrogen and oxygen atoms in total. The van der Waals surface area contributed by atoms with E-state index in [-0.39, 0.29) is 0 Å². The van der Waals surface area contributed by atoms with Gasteiger partial charge in [-0.1, -0.05) is 25.7 Å². The van der Waals surface area contributed by atoms with Gasteiger partial charge in [-0.05, 0) is 30.9 Å². The lowest BCUT2D eigenvalue weighted by molar-refractivity contribution is 0.193. The first-order valence-electron chi connectivity index (χ1n) is 4.53. The first-order chi connectivity index (χ1) is 5.88. The van der Waals surface area contributed by atoms with Crippen molar-refractivity contribution in [1.29, 1.82) is 0 Å². The molecule has 0 amide bonds. The van der Waals surface area contributed by atoms with Gasteiger partial charge in [0.2, 0.25) is 0 Å². The van der Waals surface area contributed by atoms with Crippen LogP contribution in [-0.4, -0.2) is 6.61 Å². The number of rotatable bonds is 2. The molecule has 0 radical (unpaired) electrons. The Labute approximate surface area is 74.4 Å². The topological polar surface area (TPSA) is 9.23 Å². The molecule has 1 heterocycles. The maximum atomic E-state index is 5.51. The summed E-state index contributed by atoms with van der Waals surface area (Å²) in [5.74, 6) is 1.01. The van der Waals surface area contributed by atoms with Crippen LogP contribution in [0.15, 0.2) is 36.1 Å². The monoisotopic (exact) mass is 164 g/mol. The maximum absolute atomic E-state index is 5.51. The van der Waals surface area contributed by atoms with E-state index in [2.05, 4.69) is 19.6 Å². The van der Waals surface area contributed by atoms with E-state index >= 15 is 0 Å². The first-order valence-corrected chi connectivity index (χ1v) is 4.53. The highest BCUT2D eigenvalue weighted by Gasteiger charge is 2.10. The summed E-state index contributed by atoms with van der Waals surface area (Å²) in [7, 11) is 0. The van der Waals surface area contributed by atoms with E-state index in [0.717, 1.165) is 31.6 Å². The minimum atomic E-state index is 0.848. The molecule has 0 unspecified atom stereocenters. The molecule has 1 aliphatic rings. The molecule has 0 N–H and O–H groups in total. The first kappa shape index (κ1) is 9.11. The lowest BCUT2D eigenvalue weighted by atomic mass is 10.0. The van der Waals surface area contributed by atoms with Gasteiger partial charge in [0.05, 0.1) is 6.61 Å². The second kappa shape index (κ2) is 4.81. The van der Waals surface area contributed by atoms with E-state index in [0.29, 0.717) is 0 Å². The normalized spacial score (nSPS) is 24.1. The van der Waals surface area contributed by atoms with Crippen LogP contribution in [0, 0.1) is 0 Å². The van der Waals surface area contributed by atoms with Gasteiger partial charge in [0.25, 0.3) is 0 Å². The summed E-state index contributed by atoms with van der Waals surface area (Å²) in [5, 5.41) is 0. The molecule has 66 valence electrons. The Morgan fingerprint density at radius 3 is 3.08 bits per heavy atom. The van der Waals surface area contributed by atoms with Crippen molar-refractivity contribution in [3.05, 3.63) is 36.1 Å². The third kappa shape index (κ3) is 2.26. The van der Waals surface area contributed by atoms with Crippen LogP contribution in [0.5, 0.6) is 0 Å². The Morgan fingerprint density at radius 2 is 2.42 bits per heavy atom. The van der Waals surface area contributed by atoms with Crippen molar-refractivity contribution >= 4 is 0 Å². The number of allylic oxidation sites excluding steroid dienone is 4. The highest BCUT2D eigenvalue weighted by atomic mass is 16.5. The smallest absolute Gasteiger partial charge is 0.122 e. The molecule has 0 bridgehead atoms. The fraction of sp³-hybridized carbons (Fsp3) is 0.455. The molecule has 1 fully saturated rings. The molecule has 1 saturated heterocycles. The van der Waals surface area contributed by atoms with Crippen molar-refractivity contribution in [2.45, 2.75) is 26.2 Å². The third-order valence-electron chi connectivity index (χ3n) is 1.88. The van der Waals surface area contributed by atoms with Gasteiger partial charge < -0.3 is 4.74 Å². The van der Waals surface area contributed by atoms with Gasteiger partial charge in [0.1, 0.15) is 5.76 Å². The van der Waals surface area contributed by atoms with Crippen LogP contribution >= 0.6 is 0 Å². The molecule has 0 aromatic rings.